The van der Waals surface area contributed by atoms with E-state index in [9.17, 15) is 0 Å². The van der Waals surface area contributed by atoms with Crippen molar-refractivity contribution in [2.45, 2.75) is 33.1 Å². The molecule has 1 rings (SSSR count). The SMILES string of the molecule is Cc1cc(C)nc(N(C)CCCCCN)n1. The number of nitrogens with two attached hydrogens (primary N) is 1. The van der Waals surface area contributed by atoms with Crippen LogP contribution in [0.5, 0.6) is 0 Å². The van der Waals surface area contributed by atoms with Gasteiger partial charge in [-0.15, -0.1) is 0 Å². The quantitative estimate of drug-likeness (QED) is 0.744. The predicted octanol–water partition coefficient (Wildman–Crippen LogP) is 1.66. The molecule has 0 unspecified atom stereocenters. The van der Waals surface area contributed by atoms with E-state index in [0.29, 0.717) is 0 Å². The number of hydrogen-bond donors (Lipinski definition) is 1. The van der Waals surface area contributed by atoms with Gasteiger partial charge in [0.05, 0.1) is 0 Å². The van der Waals surface area contributed by atoms with Crippen LogP contribution in [0.2, 0.25) is 0 Å². The Hall–Kier alpha value is -1.16. The molecular formula is C12H22N4. The first-order valence-corrected chi connectivity index (χ1v) is 5.87. The zero-order valence-corrected chi connectivity index (χ0v) is 10.5. The van der Waals surface area contributed by atoms with Gasteiger partial charge in [-0.1, -0.05) is 6.42 Å². The van der Waals surface area contributed by atoms with Gasteiger partial charge >= 0.3 is 0 Å². The highest BCUT2D eigenvalue weighted by Crippen LogP contribution is 2.09. The van der Waals surface area contributed by atoms with Crippen molar-refractivity contribution in [3.8, 4) is 0 Å². The first-order valence-electron chi connectivity index (χ1n) is 5.87. The Labute approximate surface area is 97.9 Å². The van der Waals surface area contributed by atoms with E-state index in [2.05, 4.69) is 14.9 Å². The summed E-state index contributed by atoms with van der Waals surface area (Å²) in [6.07, 6.45) is 3.41. The fourth-order valence-electron chi connectivity index (χ4n) is 1.65. The highest BCUT2D eigenvalue weighted by atomic mass is 15.2. The van der Waals surface area contributed by atoms with Gasteiger partial charge in [0.15, 0.2) is 0 Å². The molecule has 0 bridgehead atoms. The van der Waals surface area contributed by atoms with Crippen LogP contribution < -0.4 is 10.6 Å². The lowest BCUT2D eigenvalue weighted by molar-refractivity contribution is 0.671. The van der Waals surface area contributed by atoms with Crippen LogP contribution in [-0.4, -0.2) is 30.1 Å². The van der Waals surface area contributed by atoms with Crippen LogP contribution in [0, 0.1) is 13.8 Å². The van der Waals surface area contributed by atoms with Crippen LogP contribution in [0.15, 0.2) is 6.07 Å². The van der Waals surface area contributed by atoms with Gasteiger partial charge in [-0.3, -0.25) is 0 Å². The molecule has 90 valence electrons. The molecule has 0 amide bonds. The zero-order valence-electron chi connectivity index (χ0n) is 10.5. The molecule has 0 atom stereocenters. The van der Waals surface area contributed by atoms with Gasteiger partial charge < -0.3 is 10.6 Å². The van der Waals surface area contributed by atoms with E-state index < -0.39 is 0 Å². The summed E-state index contributed by atoms with van der Waals surface area (Å²) in [5, 5.41) is 0. The number of rotatable bonds is 6. The Balaban J connectivity index is 2.48. The standard InChI is InChI=1S/C12H22N4/c1-10-9-11(2)15-12(14-10)16(3)8-6-4-5-7-13/h9H,4-8,13H2,1-3H3. The first-order chi connectivity index (χ1) is 7.63. The van der Waals surface area contributed by atoms with Crippen molar-refractivity contribution >= 4 is 5.95 Å². The number of aromatic nitrogens is 2. The monoisotopic (exact) mass is 222 g/mol. The zero-order chi connectivity index (χ0) is 12.0. The van der Waals surface area contributed by atoms with Crippen LogP contribution in [-0.2, 0) is 0 Å². The highest BCUT2D eigenvalue weighted by Gasteiger charge is 2.04. The van der Waals surface area contributed by atoms with Crippen LogP contribution >= 0.6 is 0 Å². The average molecular weight is 222 g/mol. The average Bonchev–Trinajstić information content (AvgIpc) is 2.22. The Morgan fingerprint density at radius 1 is 1.12 bits per heavy atom. The molecule has 1 aromatic rings. The Morgan fingerprint density at radius 2 is 1.75 bits per heavy atom. The third-order valence-electron chi connectivity index (χ3n) is 2.51. The van der Waals surface area contributed by atoms with Crippen molar-refractivity contribution in [1.82, 2.24) is 9.97 Å². The summed E-state index contributed by atoms with van der Waals surface area (Å²) in [5.41, 5.74) is 7.51. The van der Waals surface area contributed by atoms with Crippen LogP contribution in [0.1, 0.15) is 30.7 Å². The lowest BCUT2D eigenvalue weighted by Crippen LogP contribution is -2.21. The second-order valence-corrected chi connectivity index (χ2v) is 4.22. The van der Waals surface area contributed by atoms with E-state index in [-0.39, 0.29) is 0 Å². The molecule has 0 fully saturated rings. The largest absolute Gasteiger partial charge is 0.344 e. The van der Waals surface area contributed by atoms with Crippen molar-refractivity contribution in [2.24, 2.45) is 5.73 Å². The first kappa shape index (κ1) is 12.9. The van der Waals surface area contributed by atoms with Gasteiger partial charge in [0.25, 0.3) is 0 Å². The Morgan fingerprint density at radius 3 is 2.31 bits per heavy atom. The second-order valence-electron chi connectivity index (χ2n) is 4.22. The number of anilines is 1. The van der Waals surface area contributed by atoms with Gasteiger partial charge in [-0.2, -0.15) is 0 Å². The van der Waals surface area contributed by atoms with Crippen LogP contribution in [0.4, 0.5) is 5.95 Å². The third-order valence-corrected chi connectivity index (χ3v) is 2.51. The maximum absolute atomic E-state index is 5.46. The molecule has 0 radical (unpaired) electrons. The summed E-state index contributed by atoms with van der Waals surface area (Å²) >= 11 is 0. The minimum atomic E-state index is 0.782. The van der Waals surface area contributed by atoms with Gasteiger partial charge in [0.1, 0.15) is 0 Å². The van der Waals surface area contributed by atoms with Gasteiger partial charge in [-0.05, 0) is 39.3 Å². The molecular weight excluding hydrogens is 200 g/mol. The summed E-state index contributed by atoms with van der Waals surface area (Å²) in [6.45, 7) is 5.77. The maximum atomic E-state index is 5.46. The molecule has 2 N–H and O–H groups in total. The molecule has 0 spiro atoms. The topological polar surface area (TPSA) is 55.0 Å². The summed E-state index contributed by atoms with van der Waals surface area (Å²) in [5.74, 6) is 0.824. The normalized spacial score (nSPS) is 10.5. The molecule has 4 heteroatoms. The van der Waals surface area contributed by atoms with Crippen molar-refractivity contribution in [3.63, 3.8) is 0 Å². The van der Waals surface area contributed by atoms with E-state index in [4.69, 9.17) is 5.73 Å². The van der Waals surface area contributed by atoms with E-state index >= 15 is 0 Å². The van der Waals surface area contributed by atoms with Crippen molar-refractivity contribution in [2.75, 3.05) is 25.0 Å². The summed E-state index contributed by atoms with van der Waals surface area (Å²) in [7, 11) is 2.04. The lowest BCUT2D eigenvalue weighted by Gasteiger charge is -2.17. The van der Waals surface area contributed by atoms with Gasteiger partial charge in [-0.25, -0.2) is 9.97 Å². The van der Waals surface area contributed by atoms with Crippen LogP contribution in [0.25, 0.3) is 0 Å². The van der Waals surface area contributed by atoms with Crippen LogP contribution in [0.3, 0.4) is 0 Å². The summed E-state index contributed by atoms with van der Waals surface area (Å²) < 4.78 is 0. The minimum absolute atomic E-state index is 0.782. The highest BCUT2D eigenvalue weighted by molar-refractivity contribution is 5.30. The minimum Gasteiger partial charge on any atom is -0.344 e. The van der Waals surface area contributed by atoms with E-state index in [1.807, 2.05) is 27.0 Å². The molecule has 4 nitrogen and oxygen atoms in total. The molecule has 0 aliphatic carbocycles. The van der Waals surface area contributed by atoms with E-state index in [1.54, 1.807) is 0 Å². The number of hydrogen-bond acceptors (Lipinski definition) is 4. The smallest absolute Gasteiger partial charge is 0.225 e. The molecule has 0 saturated heterocycles. The molecule has 0 aromatic carbocycles. The fraction of sp³-hybridized carbons (Fsp3) is 0.667. The third kappa shape index (κ3) is 4.14. The molecule has 0 aliphatic rings. The molecule has 0 aliphatic heterocycles. The number of unbranched alkanes of at least 4 members (excludes halogenated alkanes) is 2. The molecule has 1 aromatic heterocycles. The van der Waals surface area contributed by atoms with E-state index in [0.717, 1.165) is 43.3 Å². The lowest BCUT2D eigenvalue weighted by atomic mass is 10.2. The summed E-state index contributed by atoms with van der Waals surface area (Å²) in [4.78, 5) is 11.0. The van der Waals surface area contributed by atoms with E-state index in [1.165, 1.54) is 6.42 Å². The van der Waals surface area contributed by atoms with Crippen molar-refractivity contribution in [3.05, 3.63) is 17.5 Å². The maximum Gasteiger partial charge on any atom is 0.225 e. The van der Waals surface area contributed by atoms with Gasteiger partial charge in [0, 0.05) is 25.0 Å². The molecule has 16 heavy (non-hydrogen) atoms. The summed E-state index contributed by atoms with van der Waals surface area (Å²) in [6, 6.07) is 1.99. The molecule has 0 saturated carbocycles. The molecule has 1 heterocycles. The van der Waals surface area contributed by atoms with Crippen molar-refractivity contribution in [1.29, 1.82) is 0 Å². The Kier molecular flexibility index (Phi) is 5.19. The Bertz CT molecular complexity index is 305. The number of nitrogens with zero attached hydrogens (tertiary/aromatic N) is 3. The predicted molar refractivity (Wildman–Crippen MR) is 67.7 cm³/mol. The second kappa shape index (κ2) is 6.43. The fourth-order valence-corrected chi connectivity index (χ4v) is 1.65. The van der Waals surface area contributed by atoms with Crippen molar-refractivity contribution < 1.29 is 0 Å². The van der Waals surface area contributed by atoms with Gasteiger partial charge in [0.2, 0.25) is 5.95 Å². The number of aryl methyl sites for hydroxylation is 2.